The number of thiazole rings is 1. The van der Waals surface area contributed by atoms with Crippen molar-refractivity contribution in [2.75, 3.05) is 20.3 Å². The summed E-state index contributed by atoms with van der Waals surface area (Å²) in [6.45, 7) is 3.41. The molecular formula is C17H22N2O2S. The van der Waals surface area contributed by atoms with Gasteiger partial charge in [-0.2, -0.15) is 0 Å². The summed E-state index contributed by atoms with van der Waals surface area (Å²) in [5.74, 6) is 0.0704. The number of nitrogens with one attached hydrogen (secondary N) is 1. The van der Waals surface area contributed by atoms with Crippen LogP contribution in [0.3, 0.4) is 0 Å². The van der Waals surface area contributed by atoms with Crippen LogP contribution in [0.1, 0.15) is 24.1 Å². The number of hydrogen-bond donors (Lipinski definition) is 1. The van der Waals surface area contributed by atoms with Crippen LogP contribution in [0.25, 0.3) is 10.6 Å². The van der Waals surface area contributed by atoms with Gasteiger partial charge in [-0.05, 0) is 19.8 Å². The van der Waals surface area contributed by atoms with Crippen molar-refractivity contribution < 1.29 is 9.53 Å². The van der Waals surface area contributed by atoms with Gasteiger partial charge in [0.05, 0.1) is 5.69 Å². The van der Waals surface area contributed by atoms with Gasteiger partial charge < -0.3 is 10.1 Å². The number of carbonyl (C=O) groups excluding carboxylic acids is 1. The summed E-state index contributed by atoms with van der Waals surface area (Å²) >= 11 is 1.63. The van der Waals surface area contributed by atoms with Crippen molar-refractivity contribution in [2.24, 2.45) is 0 Å². The molecule has 4 nitrogen and oxygen atoms in total. The Labute approximate surface area is 135 Å². The molecule has 1 aromatic heterocycles. The molecule has 118 valence electrons. The smallest absolute Gasteiger partial charge is 0.220 e. The highest BCUT2D eigenvalue weighted by atomic mass is 32.1. The Kier molecular flexibility index (Phi) is 6.55. The summed E-state index contributed by atoms with van der Waals surface area (Å²) in [4.78, 5) is 16.3. The lowest BCUT2D eigenvalue weighted by atomic mass is 10.1. The summed E-state index contributed by atoms with van der Waals surface area (Å²) in [6, 6.07) is 8.34. The van der Waals surface area contributed by atoms with Gasteiger partial charge in [-0.25, -0.2) is 4.98 Å². The third-order valence-electron chi connectivity index (χ3n) is 3.31. The van der Waals surface area contributed by atoms with E-state index in [1.165, 1.54) is 5.56 Å². The van der Waals surface area contributed by atoms with E-state index in [4.69, 9.17) is 4.74 Å². The molecule has 5 heteroatoms. The van der Waals surface area contributed by atoms with Crippen molar-refractivity contribution in [1.82, 2.24) is 10.3 Å². The number of rotatable bonds is 8. The molecule has 2 aromatic rings. The standard InChI is InChI=1S/C17H22N2O2S/c1-13-4-6-14(7-5-13)17-19-15(12-22-17)8-9-16(20)18-10-3-11-21-2/h4-7,12H,3,8-11H2,1-2H3,(H,18,20). The van der Waals surface area contributed by atoms with E-state index in [2.05, 4.69) is 41.5 Å². The van der Waals surface area contributed by atoms with Crippen LogP contribution in [-0.2, 0) is 16.0 Å². The highest BCUT2D eigenvalue weighted by Gasteiger charge is 2.07. The molecule has 0 saturated heterocycles. The fraction of sp³-hybridized carbons (Fsp3) is 0.412. The zero-order valence-corrected chi connectivity index (χ0v) is 13.9. The van der Waals surface area contributed by atoms with Crippen LogP contribution in [-0.4, -0.2) is 31.2 Å². The number of amides is 1. The fourth-order valence-corrected chi connectivity index (χ4v) is 2.89. The number of carbonyl (C=O) groups is 1. The molecule has 22 heavy (non-hydrogen) atoms. The Hall–Kier alpha value is -1.72. The van der Waals surface area contributed by atoms with Gasteiger partial charge in [0.1, 0.15) is 5.01 Å². The Morgan fingerprint density at radius 3 is 2.82 bits per heavy atom. The molecule has 0 fully saturated rings. The van der Waals surface area contributed by atoms with E-state index in [9.17, 15) is 4.79 Å². The van der Waals surface area contributed by atoms with Gasteiger partial charge in [-0.15, -0.1) is 11.3 Å². The quantitative estimate of drug-likeness (QED) is 0.760. The zero-order valence-electron chi connectivity index (χ0n) is 13.1. The lowest BCUT2D eigenvalue weighted by Gasteiger charge is -2.03. The lowest BCUT2D eigenvalue weighted by molar-refractivity contribution is -0.121. The Bertz CT molecular complexity index is 593. The predicted molar refractivity (Wildman–Crippen MR) is 90.1 cm³/mol. The van der Waals surface area contributed by atoms with E-state index in [-0.39, 0.29) is 5.91 Å². The Morgan fingerprint density at radius 2 is 2.09 bits per heavy atom. The van der Waals surface area contributed by atoms with E-state index in [1.54, 1.807) is 18.4 Å². The average molecular weight is 318 g/mol. The topological polar surface area (TPSA) is 51.2 Å². The van der Waals surface area contributed by atoms with Crippen molar-refractivity contribution in [3.05, 3.63) is 40.9 Å². The first kappa shape index (κ1) is 16.6. The second-order valence-corrected chi connectivity index (χ2v) is 6.06. The van der Waals surface area contributed by atoms with Gasteiger partial charge in [-0.1, -0.05) is 29.8 Å². The first-order valence-electron chi connectivity index (χ1n) is 7.46. The number of nitrogens with zero attached hydrogens (tertiary/aromatic N) is 1. The monoisotopic (exact) mass is 318 g/mol. The summed E-state index contributed by atoms with van der Waals surface area (Å²) in [5.41, 5.74) is 3.35. The molecular weight excluding hydrogens is 296 g/mol. The highest BCUT2D eigenvalue weighted by molar-refractivity contribution is 7.13. The molecule has 2 rings (SSSR count). The lowest BCUT2D eigenvalue weighted by Crippen LogP contribution is -2.25. The molecule has 0 spiro atoms. The number of ether oxygens (including phenoxy) is 1. The van der Waals surface area contributed by atoms with E-state index in [1.807, 2.05) is 5.38 Å². The minimum absolute atomic E-state index is 0.0704. The molecule has 1 N–H and O–H groups in total. The van der Waals surface area contributed by atoms with Crippen LogP contribution in [0.2, 0.25) is 0 Å². The van der Waals surface area contributed by atoms with Gasteiger partial charge in [0.15, 0.2) is 0 Å². The third kappa shape index (κ3) is 5.24. The van der Waals surface area contributed by atoms with Crippen molar-refractivity contribution >= 4 is 17.2 Å². The minimum atomic E-state index is 0.0704. The molecule has 0 saturated carbocycles. The van der Waals surface area contributed by atoms with Crippen molar-refractivity contribution in [3.8, 4) is 10.6 Å². The maximum Gasteiger partial charge on any atom is 0.220 e. The van der Waals surface area contributed by atoms with Crippen molar-refractivity contribution in [2.45, 2.75) is 26.2 Å². The summed E-state index contributed by atoms with van der Waals surface area (Å²) in [5, 5.41) is 5.93. The molecule has 0 atom stereocenters. The Balaban J connectivity index is 1.79. The molecule has 0 unspecified atom stereocenters. The average Bonchev–Trinajstić information content (AvgIpc) is 2.99. The molecule has 1 amide bonds. The second-order valence-electron chi connectivity index (χ2n) is 5.21. The zero-order chi connectivity index (χ0) is 15.8. The maximum absolute atomic E-state index is 11.7. The van der Waals surface area contributed by atoms with Gasteiger partial charge in [-0.3, -0.25) is 4.79 Å². The number of aryl methyl sites for hydroxylation is 2. The van der Waals surface area contributed by atoms with Gasteiger partial charge in [0, 0.05) is 37.6 Å². The molecule has 0 aliphatic rings. The molecule has 1 aromatic carbocycles. The summed E-state index contributed by atoms with van der Waals surface area (Å²) < 4.78 is 4.95. The van der Waals surface area contributed by atoms with E-state index in [0.717, 1.165) is 22.7 Å². The van der Waals surface area contributed by atoms with Gasteiger partial charge in [0.2, 0.25) is 5.91 Å². The molecule has 0 bridgehead atoms. The molecule has 1 heterocycles. The number of hydrogen-bond acceptors (Lipinski definition) is 4. The number of methoxy groups -OCH3 is 1. The van der Waals surface area contributed by atoms with Gasteiger partial charge in [0.25, 0.3) is 0 Å². The normalized spacial score (nSPS) is 10.6. The largest absolute Gasteiger partial charge is 0.385 e. The summed E-state index contributed by atoms with van der Waals surface area (Å²) in [7, 11) is 1.66. The van der Waals surface area contributed by atoms with E-state index in [0.29, 0.717) is 26.0 Å². The van der Waals surface area contributed by atoms with E-state index < -0.39 is 0 Å². The van der Waals surface area contributed by atoms with Crippen LogP contribution in [0, 0.1) is 6.92 Å². The number of aromatic nitrogens is 1. The third-order valence-corrected chi connectivity index (χ3v) is 4.25. The SMILES string of the molecule is COCCCNC(=O)CCc1csc(-c2ccc(C)cc2)n1. The number of benzene rings is 1. The molecule has 0 radical (unpaired) electrons. The highest BCUT2D eigenvalue weighted by Crippen LogP contribution is 2.24. The summed E-state index contributed by atoms with van der Waals surface area (Å²) in [6.07, 6.45) is 2.00. The van der Waals surface area contributed by atoms with E-state index >= 15 is 0 Å². The van der Waals surface area contributed by atoms with Crippen LogP contribution in [0.4, 0.5) is 0 Å². The first-order valence-corrected chi connectivity index (χ1v) is 8.34. The first-order chi connectivity index (χ1) is 10.7. The Morgan fingerprint density at radius 1 is 1.32 bits per heavy atom. The van der Waals surface area contributed by atoms with Crippen molar-refractivity contribution in [3.63, 3.8) is 0 Å². The minimum Gasteiger partial charge on any atom is -0.385 e. The van der Waals surface area contributed by atoms with Crippen LogP contribution < -0.4 is 5.32 Å². The molecule has 0 aliphatic heterocycles. The maximum atomic E-state index is 11.7. The fourth-order valence-electron chi connectivity index (χ4n) is 2.02. The van der Waals surface area contributed by atoms with Crippen LogP contribution in [0.15, 0.2) is 29.6 Å². The van der Waals surface area contributed by atoms with Crippen LogP contribution in [0.5, 0.6) is 0 Å². The van der Waals surface area contributed by atoms with Crippen LogP contribution >= 0.6 is 11.3 Å². The van der Waals surface area contributed by atoms with Crippen molar-refractivity contribution in [1.29, 1.82) is 0 Å². The second kappa shape index (κ2) is 8.66. The predicted octanol–water partition coefficient (Wildman–Crippen LogP) is 3.20. The molecule has 0 aliphatic carbocycles. The van der Waals surface area contributed by atoms with Gasteiger partial charge >= 0.3 is 0 Å².